The smallest absolute Gasteiger partial charge is 0.298 e. The summed E-state index contributed by atoms with van der Waals surface area (Å²) in [7, 11) is -1.87. The maximum Gasteiger partial charge on any atom is 0.298 e. The van der Waals surface area contributed by atoms with E-state index in [1.807, 2.05) is 31.8 Å². The van der Waals surface area contributed by atoms with Crippen molar-refractivity contribution in [1.29, 1.82) is 0 Å². The highest BCUT2D eigenvalue weighted by atomic mass is 28.4. The van der Waals surface area contributed by atoms with Crippen LogP contribution >= 0.6 is 0 Å². The molecule has 0 saturated heterocycles. The minimum atomic E-state index is -1.87. The molecule has 4 nitrogen and oxygen atoms in total. The Morgan fingerprint density at radius 2 is 2.00 bits per heavy atom. The van der Waals surface area contributed by atoms with Gasteiger partial charge in [-0.15, -0.1) is 0 Å². The topological polar surface area (TPSA) is 55.7 Å². The van der Waals surface area contributed by atoms with Gasteiger partial charge in [-0.1, -0.05) is 12.2 Å². The molecule has 0 unspecified atom stereocenters. The fourth-order valence-electron chi connectivity index (χ4n) is 1.64. The summed E-state index contributed by atoms with van der Waals surface area (Å²) in [6, 6.07) is -0.300. The summed E-state index contributed by atoms with van der Waals surface area (Å²) in [5.74, 6) is -0.550. The minimum absolute atomic E-state index is 0.229. The second-order valence-corrected chi connectivity index (χ2v) is 9.30. The summed E-state index contributed by atoms with van der Waals surface area (Å²) in [4.78, 5) is 25.8. The number of aliphatic imine (C=N–C) groups is 1. The monoisotopic (exact) mass is 239 g/mol. The molecular weight excluding hydrogens is 222 g/mol. The summed E-state index contributed by atoms with van der Waals surface area (Å²) in [6.07, 6.45) is 6.61. The molecule has 1 rings (SSSR count). The van der Waals surface area contributed by atoms with Crippen LogP contribution in [0.25, 0.3) is 0 Å². The van der Waals surface area contributed by atoms with Crippen molar-refractivity contribution in [2.24, 2.45) is 10.9 Å². The van der Waals surface area contributed by atoms with Gasteiger partial charge in [0.05, 0.1) is 12.0 Å². The molecule has 0 aromatic heterocycles. The summed E-state index contributed by atoms with van der Waals surface area (Å²) < 4.78 is 5.43. The van der Waals surface area contributed by atoms with E-state index in [0.717, 1.165) is 0 Å². The zero-order valence-electron chi connectivity index (χ0n) is 9.90. The predicted octanol–water partition coefficient (Wildman–Crippen LogP) is 2.04. The average Bonchev–Trinajstić information content (AvgIpc) is 2.16. The average molecular weight is 239 g/mol. The van der Waals surface area contributed by atoms with E-state index in [1.54, 1.807) is 0 Å². The third kappa shape index (κ3) is 3.75. The van der Waals surface area contributed by atoms with E-state index in [2.05, 4.69) is 4.99 Å². The van der Waals surface area contributed by atoms with Crippen LogP contribution in [-0.4, -0.2) is 26.4 Å². The first-order valence-electron chi connectivity index (χ1n) is 5.39. The van der Waals surface area contributed by atoms with Gasteiger partial charge in [0, 0.05) is 0 Å². The largest absolute Gasteiger partial charge is 0.520 e. The van der Waals surface area contributed by atoms with Gasteiger partial charge < -0.3 is 4.43 Å². The summed E-state index contributed by atoms with van der Waals surface area (Å²) in [6.45, 7) is 5.88. The Kier molecular flexibility index (Phi) is 4.21. The van der Waals surface area contributed by atoms with Gasteiger partial charge >= 0.3 is 0 Å². The highest BCUT2D eigenvalue weighted by Crippen LogP contribution is 2.24. The third-order valence-corrected chi connectivity index (χ3v) is 3.14. The zero-order valence-corrected chi connectivity index (χ0v) is 10.9. The lowest BCUT2D eigenvalue weighted by atomic mass is 9.90. The molecular formula is C11H17NO3Si. The Morgan fingerprint density at radius 3 is 2.56 bits per heavy atom. The Bertz CT molecular complexity index is 340. The van der Waals surface area contributed by atoms with Gasteiger partial charge in [-0.05, 0) is 32.5 Å². The van der Waals surface area contributed by atoms with E-state index in [0.29, 0.717) is 12.8 Å². The maximum absolute atomic E-state index is 11.9. The van der Waals surface area contributed by atoms with Crippen LogP contribution in [0.2, 0.25) is 19.6 Å². The summed E-state index contributed by atoms with van der Waals surface area (Å²) in [5.41, 5.74) is 0. The number of nitrogens with zero attached hydrogens (tertiary/aromatic N) is 1. The van der Waals surface area contributed by atoms with Gasteiger partial charge in [-0.2, -0.15) is 0 Å². The number of allylic oxidation sites excluding steroid dienone is 1. The number of rotatable bonds is 3. The van der Waals surface area contributed by atoms with E-state index in [4.69, 9.17) is 4.43 Å². The first kappa shape index (κ1) is 12.9. The van der Waals surface area contributed by atoms with Gasteiger partial charge in [0.2, 0.25) is 14.4 Å². The van der Waals surface area contributed by atoms with E-state index < -0.39 is 8.32 Å². The van der Waals surface area contributed by atoms with E-state index in [-0.39, 0.29) is 17.9 Å². The molecule has 0 bridgehead atoms. The number of hydrogen-bond donors (Lipinski definition) is 0. The number of isocyanates is 1. The van der Waals surface area contributed by atoms with Gasteiger partial charge in [-0.3, -0.25) is 4.79 Å². The van der Waals surface area contributed by atoms with Crippen molar-refractivity contribution in [3.8, 4) is 0 Å². The van der Waals surface area contributed by atoms with Gasteiger partial charge in [0.25, 0.3) is 5.97 Å². The quantitative estimate of drug-likeness (QED) is 0.328. The Morgan fingerprint density at radius 1 is 1.38 bits per heavy atom. The van der Waals surface area contributed by atoms with Crippen LogP contribution in [-0.2, 0) is 14.0 Å². The molecule has 0 saturated carbocycles. The molecule has 16 heavy (non-hydrogen) atoms. The number of hydrogen-bond acceptors (Lipinski definition) is 4. The zero-order chi connectivity index (χ0) is 12.2. The first-order valence-corrected chi connectivity index (χ1v) is 8.79. The van der Waals surface area contributed by atoms with Gasteiger partial charge in [-0.25, -0.2) is 9.79 Å². The van der Waals surface area contributed by atoms with E-state index in [1.165, 1.54) is 6.08 Å². The lowest BCUT2D eigenvalue weighted by Gasteiger charge is -2.26. The Balaban J connectivity index is 2.73. The number of carbonyl (C=O) groups excluding carboxylic acids is 2. The third-order valence-electron chi connectivity index (χ3n) is 2.33. The molecule has 0 fully saturated rings. The molecule has 0 aromatic carbocycles. The second kappa shape index (κ2) is 5.23. The standard InChI is InChI=1S/C11H17NO3Si/c1-16(2,3)15-11(14)9-6-4-5-7-10(9)12-8-13/h4-5,9-10H,6-7H2,1-3H3/t9-,10+/m1/s1. The molecule has 0 spiro atoms. The van der Waals surface area contributed by atoms with Crippen molar-refractivity contribution in [3.05, 3.63) is 12.2 Å². The van der Waals surface area contributed by atoms with Crippen LogP contribution in [0.15, 0.2) is 17.1 Å². The molecule has 0 aliphatic heterocycles. The fraction of sp³-hybridized carbons (Fsp3) is 0.636. The van der Waals surface area contributed by atoms with Crippen LogP contribution in [0.5, 0.6) is 0 Å². The highest BCUT2D eigenvalue weighted by Gasteiger charge is 2.32. The molecule has 0 radical (unpaired) electrons. The molecule has 0 aromatic rings. The first-order chi connectivity index (χ1) is 7.44. The molecule has 0 heterocycles. The normalized spacial score (nSPS) is 24.7. The lowest BCUT2D eigenvalue weighted by molar-refractivity contribution is -0.140. The summed E-state index contributed by atoms with van der Waals surface area (Å²) in [5, 5.41) is 0. The minimum Gasteiger partial charge on any atom is -0.520 e. The summed E-state index contributed by atoms with van der Waals surface area (Å²) >= 11 is 0. The maximum atomic E-state index is 11.9. The van der Waals surface area contributed by atoms with Crippen LogP contribution in [0.1, 0.15) is 12.8 Å². The van der Waals surface area contributed by atoms with Crippen molar-refractivity contribution in [3.63, 3.8) is 0 Å². The molecule has 5 heteroatoms. The van der Waals surface area contributed by atoms with E-state index >= 15 is 0 Å². The van der Waals surface area contributed by atoms with Crippen molar-refractivity contribution < 1.29 is 14.0 Å². The van der Waals surface area contributed by atoms with Crippen LogP contribution in [0.3, 0.4) is 0 Å². The Hall–Kier alpha value is -1.19. The molecule has 0 N–H and O–H groups in total. The predicted molar refractivity (Wildman–Crippen MR) is 63.2 cm³/mol. The molecule has 88 valence electrons. The van der Waals surface area contributed by atoms with Crippen molar-refractivity contribution in [1.82, 2.24) is 0 Å². The van der Waals surface area contributed by atoms with Crippen LogP contribution in [0, 0.1) is 5.92 Å². The lowest BCUT2D eigenvalue weighted by Crippen LogP contribution is -2.37. The Labute approximate surface area is 96.5 Å². The molecule has 1 aliphatic rings. The van der Waals surface area contributed by atoms with Crippen LogP contribution < -0.4 is 0 Å². The van der Waals surface area contributed by atoms with Gasteiger partial charge in [0.1, 0.15) is 0 Å². The second-order valence-electron chi connectivity index (χ2n) is 4.87. The van der Waals surface area contributed by atoms with Gasteiger partial charge in [0.15, 0.2) is 0 Å². The molecule has 2 atom stereocenters. The number of carbonyl (C=O) groups is 1. The van der Waals surface area contributed by atoms with Crippen molar-refractivity contribution >= 4 is 20.4 Å². The fourth-order valence-corrected chi connectivity index (χ4v) is 2.40. The molecule has 1 aliphatic carbocycles. The van der Waals surface area contributed by atoms with Crippen molar-refractivity contribution in [2.45, 2.75) is 38.5 Å². The SMILES string of the molecule is C[Si](C)(C)OC(=O)[C@@H]1CC=CC[C@@H]1N=C=O. The van der Waals surface area contributed by atoms with Crippen LogP contribution in [0.4, 0.5) is 0 Å². The highest BCUT2D eigenvalue weighted by molar-refractivity contribution is 6.71. The molecule has 0 amide bonds. The van der Waals surface area contributed by atoms with E-state index in [9.17, 15) is 9.59 Å². The van der Waals surface area contributed by atoms with Crippen molar-refractivity contribution in [2.75, 3.05) is 0 Å².